The number of nitrogens with one attached hydrogen (secondary N) is 1. The van der Waals surface area contributed by atoms with Gasteiger partial charge in [-0.15, -0.1) is 0 Å². The molecule has 0 heterocycles. The normalized spacial score (nSPS) is 15.0. The third-order valence-electron chi connectivity index (χ3n) is 4.19. The van der Waals surface area contributed by atoms with E-state index >= 15 is 0 Å². The van der Waals surface area contributed by atoms with E-state index in [0.29, 0.717) is 5.56 Å². The summed E-state index contributed by atoms with van der Waals surface area (Å²) in [7, 11) is -8.09. The van der Waals surface area contributed by atoms with Crippen LogP contribution in [0.3, 0.4) is 0 Å². The first kappa shape index (κ1) is 19.5. The van der Waals surface area contributed by atoms with E-state index in [2.05, 4.69) is 4.72 Å². The molecule has 140 valence electrons. The van der Waals surface area contributed by atoms with Crippen molar-refractivity contribution < 1.29 is 17.9 Å². The molecule has 2 N–H and O–H groups in total. The van der Waals surface area contributed by atoms with E-state index in [0.717, 1.165) is 5.56 Å². The standard InChI is InChI=1S/C20H20NO4PS/c1-16-12-14-19(15-13-16)27(24,25)21-20(17-8-4-2-5-9-17)26(22,23)18-10-6-3-7-11-18/h2-15,20-21H,1H3,(H,22,23). The van der Waals surface area contributed by atoms with Gasteiger partial charge in [-0.05, 0) is 36.8 Å². The quantitative estimate of drug-likeness (QED) is 0.619. The van der Waals surface area contributed by atoms with Crippen LogP contribution < -0.4 is 10.0 Å². The third-order valence-corrected chi connectivity index (χ3v) is 7.97. The average Bonchev–Trinajstić information content (AvgIpc) is 2.68. The van der Waals surface area contributed by atoms with Crippen LogP contribution in [0, 0.1) is 6.92 Å². The molecule has 0 saturated heterocycles. The fraction of sp³-hybridized carbons (Fsp3) is 0.100. The molecule has 0 aromatic heterocycles. The second-order valence-electron chi connectivity index (χ2n) is 6.21. The molecule has 0 aliphatic carbocycles. The second kappa shape index (κ2) is 7.79. The highest BCUT2D eigenvalue weighted by molar-refractivity contribution is 7.90. The van der Waals surface area contributed by atoms with Gasteiger partial charge in [0, 0.05) is 5.30 Å². The SMILES string of the molecule is Cc1ccc(S(=O)(=O)NC(c2ccccc2)P(=O)(O)c2ccccc2)cc1. The van der Waals surface area contributed by atoms with Crippen molar-refractivity contribution in [1.29, 1.82) is 0 Å². The maximum atomic E-state index is 13.3. The highest BCUT2D eigenvalue weighted by atomic mass is 32.2. The van der Waals surface area contributed by atoms with E-state index in [9.17, 15) is 17.9 Å². The molecular weight excluding hydrogens is 381 g/mol. The second-order valence-corrected chi connectivity index (χ2v) is 10.2. The Bertz CT molecular complexity index is 1050. The van der Waals surface area contributed by atoms with E-state index in [-0.39, 0.29) is 10.2 Å². The van der Waals surface area contributed by atoms with Crippen LogP contribution in [0.4, 0.5) is 0 Å². The summed E-state index contributed by atoms with van der Waals surface area (Å²) in [5, 5.41) is 0.186. The summed E-state index contributed by atoms with van der Waals surface area (Å²) < 4.78 is 41.5. The lowest BCUT2D eigenvalue weighted by molar-refractivity contribution is 0.470. The Labute approximate surface area is 159 Å². The maximum Gasteiger partial charge on any atom is 0.251 e. The molecule has 0 radical (unpaired) electrons. The van der Waals surface area contributed by atoms with Crippen molar-refractivity contribution >= 4 is 22.7 Å². The number of benzene rings is 3. The molecular formula is C20H20NO4PS. The molecule has 0 saturated carbocycles. The van der Waals surface area contributed by atoms with Crippen molar-refractivity contribution in [2.75, 3.05) is 0 Å². The van der Waals surface area contributed by atoms with Gasteiger partial charge in [-0.2, -0.15) is 4.72 Å². The summed E-state index contributed by atoms with van der Waals surface area (Å²) in [5.74, 6) is -1.30. The predicted octanol–water partition coefficient (Wildman–Crippen LogP) is 3.57. The predicted molar refractivity (Wildman–Crippen MR) is 107 cm³/mol. The number of hydrogen-bond donors (Lipinski definition) is 2. The largest absolute Gasteiger partial charge is 0.340 e. The Kier molecular flexibility index (Phi) is 5.63. The summed E-state index contributed by atoms with van der Waals surface area (Å²) in [6, 6.07) is 22.8. The van der Waals surface area contributed by atoms with Gasteiger partial charge in [0.2, 0.25) is 10.0 Å². The number of rotatable bonds is 6. The molecule has 2 atom stereocenters. The van der Waals surface area contributed by atoms with Gasteiger partial charge in [0.05, 0.1) is 4.90 Å². The summed E-state index contributed by atoms with van der Waals surface area (Å²) in [6.45, 7) is 1.86. The first-order valence-electron chi connectivity index (χ1n) is 8.33. The van der Waals surface area contributed by atoms with E-state index in [1.807, 2.05) is 6.92 Å². The van der Waals surface area contributed by atoms with Crippen molar-refractivity contribution in [3.8, 4) is 0 Å². The molecule has 0 aliphatic heterocycles. The van der Waals surface area contributed by atoms with Crippen molar-refractivity contribution in [3.05, 3.63) is 96.1 Å². The maximum absolute atomic E-state index is 13.3. The van der Waals surface area contributed by atoms with E-state index in [4.69, 9.17) is 0 Å². The smallest absolute Gasteiger partial charge is 0.251 e. The molecule has 3 aromatic carbocycles. The minimum absolute atomic E-state index is 0.0436. The molecule has 0 fully saturated rings. The van der Waals surface area contributed by atoms with Crippen LogP contribution in [-0.4, -0.2) is 13.3 Å². The molecule has 0 spiro atoms. The Morgan fingerprint density at radius 2 is 1.37 bits per heavy atom. The van der Waals surface area contributed by atoms with E-state index in [1.54, 1.807) is 60.7 Å². The Balaban J connectivity index is 2.06. The molecule has 27 heavy (non-hydrogen) atoms. The molecule has 0 bridgehead atoms. The lowest BCUT2D eigenvalue weighted by Crippen LogP contribution is -2.31. The molecule has 3 rings (SSSR count). The fourth-order valence-electron chi connectivity index (χ4n) is 2.70. The summed E-state index contributed by atoms with van der Waals surface area (Å²) >= 11 is 0. The Morgan fingerprint density at radius 3 is 1.93 bits per heavy atom. The molecule has 3 aromatic rings. The highest BCUT2D eigenvalue weighted by Gasteiger charge is 2.37. The lowest BCUT2D eigenvalue weighted by Gasteiger charge is -2.25. The Morgan fingerprint density at radius 1 is 0.852 bits per heavy atom. The highest BCUT2D eigenvalue weighted by Crippen LogP contribution is 2.53. The van der Waals surface area contributed by atoms with Gasteiger partial charge in [0.15, 0.2) is 0 Å². The average molecular weight is 401 g/mol. The van der Waals surface area contributed by atoms with Crippen molar-refractivity contribution in [2.24, 2.45) is 0 Å². The zero-order chi connectivity index (χ0) is 19.5. The van der Waals surface area contributed by atoms with E-state index in [1.165, 1.54) is 24.3 Å². The lowest BCUT2D eigenvalue weighted by atomic mass is 10.2. The van der Waals surface area contributed by atoms with E-state index < -0.39 is 23.2 Å². The number of hydrogen-bond acceptors (Lipinski definition) is 3. The first-order valence-corrected chi connectivity index (χ1v) is 11.5. The monoisotopic (exact) mass is 401 g/mol. The number of sulfonamides is 1. The molecule has 5 nitrogen and oxygen atoms in total. The van der Waals surface area contributed by atoms with Crippen LogP contribution in [-0.2, 0) is 14.6 Å². The fourth-order valence-corrected chi connectivity index (χ4v) is 6.22. The van der Waals surface area contributed by atoms with Crippen LogP contribution in [0.2, 0.25) is 0 Å². The minimum atomic E-state index is -4.09. The Hall–Kier alpha value is -2.24. The third kappa shape index (κ3) is 4.37. The van der Waals surface area contributed by atoms with Gasteiger partial charge < -0.3 is 4.89 Å². The van der Waals surface area contributed by atoms with Crippen LogP contribution in [0.5, 0.6) is 0 Å². The van der Waals surface area contributed by atoms with Gasteiger partial charge in [0.25, 0.3) is 7.37 Å². The van der Waals surface area contributed by atoms with Crippen LogP contribution in [0.25, 0.3) is 0 Å². The summed E-state index contributed by atoms with van der Waals surface area (Å²) in [5.41, 5.74) is 1.34. The van der Waals surface area contributed by atoms with Gasteiger partial charge in [-0.3, -0.25) is 4.57 Å². The van der Waals surface area contributed by atoms with Crippen molar-refractivity contribution in [3.63, 3.8) is 0 Å². The van der Waals surface area contributed by atoms with Crippen molar-refractivity contribution in [1.82, 2.24) is 4.72 Å². The summed E-state index contributed by atoms with van der Waals surface area (Å²) in [6.07, 6.45) is 0. The molecule has 2 unspecified atom stereocenters. The number of aryl methyl sites for hydroxylation is 1. The van der Waals surface area contributed by atoms with Gasteiger partial charge in [-0.1, -0.05) is 66.2 Å². The molecule has 0 aliphatic rings. The van der Waals surface area contributed by atoms with Gasteiger partial charge in [0.1, 0.15) is 5.78 Å². The minimum Gasteiger partial charge on any atom is -0.340 e. The van der Waals surface area contributed by atoms with Crippen LogP contribution in [0.1, 0.15) is 16.9 Å². The summed E-state index contributed by atoms with van der Waals surface area (Å²) in [4.78, 5) is 10.9. The van der Waals surface area contributed by atoms with Gasteiger partial charge in [-0.25, -0.2) is 8.42 Å². The van der Waals surface area contributed by atoms with Gasteiger partial charge >= 0.3 is 0 Å². The zero-order valence-electron chi connectivity index (χ0n) is 14.7. The van der Waals surface area contributed by atoms with Crippen molar-refractivity contribution in [2.45, 2.75) is 17.6 Å². The van der Waals surface area contributed by atoms with Crippen LogP contribution >= 0.6 is 7.37 Å². The molecule has 0 amide bonds. The first-order chi connectivity index (χ1) is 12.8. The van der Waals surface area contributed by atoms with Crippen LogP contribution in [0.15, 0.2) is 89.8 Å². The molecule has 7 heteroatoms. The topological polar surface area (TPSA) is 83.5 Å². The zero-order valence-corrected chi connectivity index (χ0v) is 16.4.